The van der Waals surface area contributed by atoms with Crippen LogP contribution < -0.4 is 20.1 Å². The third-order valence-electron chi connectivity index (χ3n) is 5.96. The number of guanidine groups is 1. The van der Waals surface area contributed by atoms with Crippen molar-refractivity contribution in [3.63, 3.8) is 0 Å². The SMILES string of the molecule is CN=C(NCc1ccc(OC)cc1OC1CCCC1)NCC1(OC)CCOCC1.I. The van der Waals surface area contributed by atoms with Crippen molar-refractivity contribution >= 4 is 29.9 Å². The summed E-state index contributed by atoms with van der Waals surface area (Å²) < 4.78 is 22.9. The van der Waals surface area contributed by atoms with Gasteiger partial charge in [0.15, 0.2) is 5.96 Å². The van der Waals surface area contributed by atoms with E-state index in [9.17, 15) is 0 Å². The minimum absolute atomic E-state index is 0. The highest BCUT2D eigenvalue weighted by atomic mass is 127. The first-order valence-corrected chi connectivity index (χ1v) is 10.6. The fourth-order valence-electron chi connectivity index (χ4n) is 3.94. The van der Waals surface area contributed by atoms with Gasteiger partial charge in [0.1, 0.15) is 11.5 Å². The van der Waals surface area contributed by atoms with E-state index in [0.717, 1.165) is 61.9 Å². The van der Waals surface area contributed by atoms with Gasteiger partial charge < -0.3 is 29.6 Å². The van der Waals surface area contributed by atoms with Crippen molar-refractivity contribution in [1.29, 1.82) is 0 Å². The fourth-order valence-corrected chi connectivity index (χ4v) is 3.94. The van der Waals surface area contributed by atoms with Gasteiger partial charge in [0, 0.05) is 64.9 Å². The third-order valence-corrected chi connectivity index (χ3v) is 5.96. The molecule has 1 saturated carbocycles. The number of nitrogens with one attached hydrogen (secondary N) is 2. The van der Waals surface area contributed by atoms with E-state index in [4.69, 9.17) is 18.9 Å². The first-order valence-electron chi connectivity index (χ1n) is 10.6. The van der Waals surface area contributed by atoms with Crippen LogP contribution in [-0.2, 0) is 16.0 Å². The van der Waals surface area contributed by atoms with Crippen LogP contribution in [0.15, 0.2) is 23.2 Å². The molecule has 170 valence electrons. The third kappa shape index (κ3) is 6.88. The van der Waals surface area contributed by atoms with Crippen LogP contribution in [0, 0.1) is 0 Å². The molecule has 7 nitrogen and oxygen atoms in total. The van der Waals surface area contributed by atoms with E-state index >= 15 is 0 Å². The molecule has 30 heavy (non-hydrogen) atoms. The molecule has 0 radical (unpaired) electrons. The number of hydrogen-bond acceptors (Lipinski definition) is 5. The van der Waals surface area contributed by atoms with Gasteiger partial charge in [-0.15, -0.1) is 24.0 Å². The molecule has 1 saturated heterocycles. The highest BCUT2D eigenvalue weighted by molar-refractivity contribution is 14.0. The molecule has 2 aliphatic rings. The fraction of sp³-hybridized carbons (Fsp3) is 0.682. The van der Waals surface area contributed by atoms with Crippen molar-refractivity contribution < 1.29 is 18.9 Å². The predicted molar refractivity (Wildman–Crippen MR) is 129 cm³/mol. The summed E-state index contributed by atoms with van der Waals surface area (Å²) in [5, 5.41) is 6.81. The zero-order valence-corrected chi connectivity index (χ0v) is 20.7. The van der Waals surface area contributed by atoms with E-state index in [1.165, 1.54) is 12.8 Å². The number of halogens is 1. The molecule has 1 aromatic carbocycles. The lowest BCUT2D eigenvalue weighted by atomic mass is 9.94. The van der Waals surface area contributed by atoms with Gasteiger partial charge in [-0.2, -0.15) is 0 Å². The Balaban J connectivity index is 0.00000320. The Morgan fingerprint density at radius 1 is 1.17 bits per heavy atom. The van der Waals surface area contributed by atoms with Crippen LogP contribution in [0.5, 0.6) is 11.5 Å². The second-order valence-corrected chi connectivity index (χ2v) is 7.78. The summed E-state index contributed by atoms with van der Waals surface area (Å²) in [6.45, 7) is 2.78. The van der Waals surface area contributed by atoms with Crippen molar-refractivity contribution in [3.8, 4) is 11.5 Å². The maximum absolute atomic E-state index is 6.29. The second kappa shape index (κ2) is 12.6. The van der Waals surface area contributed by atoms with Crippen molar-refractivity contribution in [2.24, 2.45) is 4.99 Å². The van der Waals surface area contributed by atoms with E-state index in [-0.39, 0.29) is 29.6 Å². The molecule has 3 rings (SSSR count). The second-order valence-electron chi connectivity index (χ2n) is 7.78. The molecular weight excluding hydrogens is 497 g/mol. The molecule has 1 aliphatic heterocycles. The first-order chi connectivity index (χ1) is 14.2. The lowest BCUT2D eigenvalue weighted by molar-refractivity contribution is -0.0855. The molecule has 0 amide bonds. The molecule has 2 fully saturated rings. The quantitative estimate of drug-likeness (QED) is 0.303. The molecule has 1 aromatic rings. The van der Waals surface area contributed by atoms with E-state index in [1.54, 1.807) is 21.3 Å². The van der Waals surface area contributed by atoms with Crippen LogP contribution >= 0.6 is 24.0 Å². The molecular formula is C22H36IN3O4. The first kappa shape index (κ1) is 25.0. The molecule has 1 aliphatic carbocycles. The minimum Gasteiger partial charge on any atom is -0.497 e. The molecule has 8 heteroatoms. The van der Waals surface area contributed by atoms with Crippen molar-refractivity contribution in [3.05, 3.63) is 23.8 Å². The Morgan fingerprint density at radius 2 is 1.90 bits per heavy atom. The van der Waals surface area contributed by atoms with Crippen LogP contribution in [0.4, 0.5) is 0 Å². The Hall–Kier alpha value is -1.26. The van der Waals surface area contributed by atoms with Gasteiger partial charge in [-0.3, -0.25) is 4.99 Å². The van der Waals surface area contributed by atoms with Crippen LogP contribution in [0.2, 0.25) is 0 Å². The van der Waals surface area contributed by atoms with Crippen LogP contribution in [-0.4, -0.2) is 58.7 Å². The van der Waals surface area contributed by atoms with Gasteiger partial charge in [0.05, 0.1) is 18.8 Å². The summed E-state index contributed by atoms with van der Waals surface area (Å²) in [7, 11) is 5.23. The number of hydrogen-bond donors (Lipinski definition) is 2. The summed E-state index contributed by atoms with van der Waals surface area (Å²) >= 11 is 0. The van der Waals surface area contributed by atoms with Gasteiger partial charge >= 0.3 is 0 Å². The number of rotatable bonds is 8. The molecule has 0 spiro atoms. The van der Waals surface area contributed by atoms with Crippen molar-refractivity contribution in [2.45, 2.75) is 56.8 Å². The van der Waals surface area contributed by atoms with E-state index in [1.807, 2.05) is 12.1 Å². The summed E-state index contributed by atoms with van der Waals surface area (Å²) in [5.74, 6) is 2.44. The van der Waals surface area contributed by atoms with Crippen molar-refractivity contribution in [1.82, 2.24) is 10.6 Å². The topological polar surface area (TPSA) is 73.3 Å². The van der Waals surface area contributed by atoms with E-state index in [2.05, 4.69) is 21.7 Å². The standard InChI is InChI=1S/C22H35N3O4.HI/c1-23-21(25-16-22(27-3)10-12-28-13-11-22)24-15-17-8-9-19(26-2)14-20(17)29-18-6-4-5-7-18;/h8-9,14,18H,4-7,10-13,15-16H2,1-3H3,(H2,23,24,25);1H. The number of nitrogens with zero attached hydrogens (tertiary/aromatic N) is 1. The highest BCUT2D eigenvalue weighted by Crippen LogP contribution is 2.30. The number of aliphatic imine (C=N–C) groups is 1. The van der Waals surface area contributed by atoms with E-state index < -0.39 is 0 Å². The monoisotopic (exact) mass is 533 g/mol. The van der Waals surface area contributed by atoms with Crippen LogP contribution in [0.3, 0.4) is 0 Å². The lowest BCUT2D eigenvalue weighted by Gasteiger charge is -2.36. The zero-order valence-electron chi connectivity index (χ0n) is 18.4. The number of methoxy groups -OCH3 is 2. The van der Waals surface area contributed by atoms with Gasteiger partial charge in [-0.05, 0) is 37.8 Å². The highest BCUT2D eigenvalue weighted by Gasteiger charge is 2.32. The summed E-state index contributed by atoms with van der Waals surface area (Å²) in [6.07, 6.45) is 6.78. The predicted octanol–water partition coefficient (Wildman–Crippen LogP) is 3.50. The lowest BCUT2D eigenvalue weighted by Crippen LogP contribution is -2.50. The average molecular weight is 533 g/mol. The molecule has 2 N–H and O–H groups in total. The average Bonchev–Trinajstić information content (AvgIpc) is 3.28. The minimum atomic E-state index is -0.202. The maximum atomic E-state index is 6.29. The smallest absolute Gasteiger partial charge is 0.191 e. The number of benzene rings is 1. The van der Waals surface area contributed by atoms with E-state index in [0.29, 0.717) is 19.2 Å². The zero-order chi connectivity index (χ0) is 20.5. The molecule has 0 atom stereocenters. The molecule has 1 heterocycles. The molecule has 0 aromatic heterocycles. The number of ether oxygens (including phenoxy) is 4. The van der Waals surface area contributed by atoms with Gasteiger partial charge in [0.25, 0.3) is 0 Å². The normalized spacial score (nSPS) is 19.1. The summed E-state index contributed by atoms with van der Waals surface area (Å²) in [4.78, 5) is 4.36. The summed E-state index contributed by atoms with van der Waals surface area (Å²) in [6, 6.07) is 6.00. The van der Waals surface area contributed by atoms with Crippen LogP contribution in [0.1, 0.15) is 44.1 Å². The van der Waals surface area contributed by atoms with Gasteiger partial charge in [0.2, 0.25) is 0 Å². The maximum Gasteiger partial charge on any atom is 0.191 e. The van der Waals surface area contributed by atoms with Crippen molar-refractivity contribution in [2.75, 3.05) is 41.0 Å². The Kier molecular flexibility index (Phi) is 10.5. The van der Waals surface area contributed by atoms with Crippen LogP contribution in [0.25, 0.3) is 0 Å². The Morgan fingerprint density at radius 3 is 2.53 bits per heavy atom. The Bertz CT molecular complexity index is 674. The Labute approximate surface area is 197 Å². The van der Waals surface area contributed by atoms with Gasteiger partial charge in [-0.25, -0.2) is 0 Å². The molecule has 0 bridgehead atoms. The largest absolute Gasteiger partial charge is 0.497 e. The summed E-state index contributed by atoms with van der Waals surface area (Å²) in [5.41, 5.74) is 0.889. The van der Waals surface area contributed by atoms with Gasteiger partial charge in [-0.1, -0.05) is 0 Å². The molecule has 0 unspecified atom stereocenters.